The fourth-order valence-corrected chi connectivity index (χ4v) is 2.14. The molecule has 0 saturated carbocycles. The van der Waals surface area contributed by atoms with Gasteiger partial charge >= 0.3 is 0 Å². The number of nitrogens with two attached hydrogens (primary N) is 2. The number of nitrogens with zero attached hydrogens (tertiary/aromatic N) is 1. The van der Waals surface area contributed by atoms with Gasteiger partial charge in [-0.3, -0.25) is 4.79 Å². The molecule has 5 nitrogen and oxygen atoms in total. The van der Waals surface area contributed by atoms with Crippen LogP contribution in [0.2, 0.25) is 0 Å². The molecule has 0 radical (unpaired) electrons. The molecule has 2 rings (SSSR count). The highest BCUT2D eigenvalue weighted by Gasteiger charge is 2.23. The minimum absolute atomic E-state index is 0.255. The zero-order chi connectivity index (χ0) is 12.4. The predicted molar refractivity (Wildman–Crippen MR) is 67.0 cm³/mol. The second-order valence-corrected chi connectivity index (χ2v) is 4.23. The average molecular weight is 235 g/mol. The Morgan fingerprint density at radius 2 is 2.29 bits per heavy atom. The van der Waals surface area contributed by atoms with E-state index in [1.165, 1.54) is 0 Å². The van der Waals surface area contributed by atoms with Crippen molar-refractivity contribution in [2.24, 2.45) is 5.73 Å². The third-order valence-electron chi connectivity index (χ3n) is 3.13. The Hall–Kier alpha value is -1.75. The molecule has 1 atom stereocenters. The number of benzene rings is 1. The van der Waals surface area contributed by atoms with Crippen LogP contribution in [0.1, 0.15) is 16.8 Å². The first kappa shape index (κ1) is 11.7. The lowest BCUT2D eigenvalue weighted by atomic mass is 10.1. The Morgan fingerprint density at radius 1 is 1.53 bits per heavy atom. The Bertz CT molecular complexity index is 434. The second kappa shape index (κ2) is 4.63. The van der Waals surface area contributed by atoms with Gasteiger partial charge in [0.2, 0.25) is 5.91 Å². The van der Waals surface area contributed by atoms with Crippen LogP contribution in [0.3, 0.4) is 0 Å². The van der Waals surface area contributed by atoms with E-state index in [9.17, 15) is 4.79 Å². The maximum absolute atomic E-state index is 11.0. The average Bonchev–Trinajstić information content (AvgIpc) is 2.77. The monoisotopic (exact) mass is 235 g/mol. The standard InChI is InChI=1S/C12H17N3O2/c1-17-9-4-5-15(7-9)11-3-2-8(12(14)16)6-10(11)13/h2-3,6,9H,4-5,7,13H2,1H3,(H2,14,16). The number of hydrogen-bond donors (Lipinski definition) is 2. The first-order chi connectivity index (χ1) is 8.11. The van der Waals surface area contributed by atoms with Crippen molar-refractivity contribution in [3.8, 4) is 0 Å². The summed E-state index contributed by atoms with van der Waals surface area (Å²) in [5.74, 6) is -0.459. The van der Waals surface area contributed by atoms with Crippen LogP contribution in [0, 0.1) is 0 Å². The number of primary amides is 1. The van der Waals surface area contributed by atoms with E-state index < -0.39 is 5.91 Å². The predicted octanol–water partition coefficient (Wildman–Crippen LogP) is 0.593. The normalized spacial score (nSPS) is 19.6. The Labute approximate surface area is 100 Å². The summed E-state index contributed by atoms with van der Waals surface area (Å²) in [7, 11) is 1.72. The van der Waals surface area contributed by atoms with Crippen molar-refractivity contribution in [1.82, 2.24) is 0 Å². The number of ether oxygens (including phenoxy) is 1. The van der Waals surface area contributed by atoms with Gasteiger partial charge in [0.1, 0.15) is 0 Å². The number of hydrogen-bond acceptors (Lipinski definition) is 4. The fraction of sp³-hybridized carbons (Fsp3) is 0.417. The van der Waals surface area contributed by atoms with E-state index in [2.05, 4.69) is 4.90 Å². The van der Waals surface area contributed by atoms with Gasteiger partial charge in [-0.1, -0.05) is 0 Å². The van der Waals surface area contributed by atoms with Gasteiger partial charge in [-0.05, 0) is 24.6 Å². The summed E-state index contributed by atoms with van der Waals surface area (Å²) in [6.45, 7) is 1.75. The largest absolute Gasteiger partial charge is 0.397 e. The number of carbonyl (C=O) groups is 1. The van der Waals surface area contributed by atoms with Crippen LogP contribution in [-0.4, -0.2) is 32.2 Å². The lowest BCUT2D eigenvalue weighted by Crippen LogP contribution is -2.23. The molecule has 1 saturated heterocycles. The van der Waals surface area contributed by atoms with Crippen LogP contribution >= 0.6 is 0 Å². The molecule has 0 aliphatic carbocycles. The number of anilines is 2. The third kappa shape index (κ3) is 2.34. The van der Waals surface area contributed by atoms with E-state index in [-0.39, 0.29) is 6.10 Å². The van der Waals surface area contributed by atoms with E-state index in [0.717, 1.165) is 25.2 Å². The molecule has 4 N–H and O–H groups in total. The lowest BCUT2D eigenvalue weighted by molar-refractivity contribution is 0.100. The quantitative estimate of drug-likeness (QED) is 0.751. The molecule has 92 valence electrons. The van der Waals surface area contributed by atoms with Gasteiger partial charge in [-0.25, -0.2) is 0 Å². The zero-order valence-electron chi connectivity index (χ0n) is 9.85. The summed E-state index contributed by atoms with van der Waals surface area (Å²) < 4.78 is 5.31. The third-order valence-corrected chi connectivity index (χ3v) is 3.13. The van der Waals surface area contributed by atoms with Crippen molar-refractivity contribution in [2.75, 3.05) is 30.8 Å². The van der Waals surface area contributed by atoms with E-state index in [1.807, 2.05) is 6.07 Å². The number of nitrogen functional groups attached to an aromatic ring is 1. The van der Waals surface area contributed by atoms with Gasteiger partial charge in [0.15, 0.2) is 0 Å². The Kier molecular flexibility index (Phi) is 3.19. The topological polar surface area (TPSA) is 81.6 Å². The van der Waals surface area contributed by atoms with Crippen LogP contribution < -0.4 is 16.4 Å². The number of rotatable bonds is 3. The summed E-state index contributed by atoms with van der Waals surface area (Å²) in [4.78, 5) is 13.2. The molecule has 0 aromatic heterocycles. The minimum Gasteiger partial charge on any atom is -0.397 e. The molecule has 1 aromatic rings. The SMILES string of the molecule is COC1CCN(c2ccc(C(N)=O)cc2N)C1. The summed E-state index contributed by atoms with van der Waals surface area (Å²) in [6, 6.07) is 5.17. The minimum atomic E-state index is -0.459. The van der Waals surface area contributed by atoms with Crippen LogP contribution in [0.4, 0.5) is 11.4 Å². The zero-order valence-corrected chi connectivity index (χ0v) is 9.85. The van der Waals surface area contributed by atoms with Crippen LogP contribution in [0.25, 0.3) is 0 Å². The van der Waals surface area contributed by atoms with Gasteiger partial charge in [-0.2, -0.15) is 0 Å². The molecule has 5 heteroatoms. The summed E-state index contributed by atoms with van der Waals surface area (Å²) >= 11 is 0. The molecule has 17 heavy (non-hydrogen) atoms. The van der Waals surface area contributed by atoms with Gasteiger partial charge in [0.25, 0.3) is 0 Å². The van der Waals surface area contributed by atoms with Crippen molar-refractivity contribution in [1.29, 1.82) is 0 Å². The van der Waals surface area contributed by atoms with E-state index in [1.54, 1.807) is 19.2 Å². The Morgan fingerprint density at radius 3 is 2.82 bits per heavy atom. The van der Waals surface area contributed by atoms with Crippen molar-refractivity contribution >= 4 is 17.3 Å². The van der Waals surface area contributed by atoms with Crippen LogP contribution in [0.15, 0.2) is 18.2 Å². The number of carbonyl (C=O) groups excluding carboxylic acids is 1. The molecule has 1 aromatic carbocycles. The molecular formula is C12H17N3O2. The lowest BCUT2D eigenvalue weighted by Gasteiger charge is -2.20. The molecule has 1 heterocycles. The molecule has 1 aliphatic heterocycles. The van der Waals surface area contributed by atoms with Crippen LogP contribution in [-0.2, 0) is 4.74 Å². The van der Waals surface area contributed by atoms with E-state index >= 15 is 0 Å². The van der Waals surface area contributed by atoms with Gasteiger partial charge in [0, 0.05) is 25.8 Å². The molecule has 1 fully saturated rings. The molecule has 0 bridgehead atoms. The fourth-order valence-electron chi connectivity index (χ4n) is 2.14. The molecular weight excluding hydrogens is 218 g/mol. The second-order valence-electron chi connectivity index (χ2n) is 4.23. The van der Waals surface area contributed by atoms with E-state index in [4.69, 9.17) is 16.2 Å². The first-order valence-corrected chi connectivity index (χ1v) is 5.59. The number of methoxy groups -OCH3 is 1. The first-order valence-electron chi connectivity index (χ1n) is 5.59. The highest BCUT2D eigenvalue weighted by atomic mass is 16.5. The molecule has 0 spiro atoms. The maximum atomic E-state index is 11.0. The number of amides is 1. The summed E-state index contributed by atoms with van der Waals surface area (Å²) in [5.41, 5.74) is 13.1. The highest BCUT2D eigenvalue weighted by molar-refractivity contribution is 5.94. The van der Waals surface area contributed by atoms with Crippen molar-refractivity contribution in [3.63, 3.8) is 0 Å². The summed E-state index contributed by atoms with van der Waals surface area (Å²) in [6.07, 6.45) is 1.25. The highest BCUT2D eigenvalue weighted by Crippen LogP contribution is 2.28. The van der Waals surface area contributed by atoms with Crippen LogP contribution in [0.5, 0.6) is 0 Å². The van der Waals surface area contributed by atoms with Gasteiger partial charge < -0.3 is 21.1 Å². The molecule has 1 aliphatic rings. The van der Waals surface area contributed by atoms with Crippen molar-refractivity contribution < 1.29 is 9.53 Å². The van der Waals surface area contributed by atoms with Crippen molar-refractivity contribution in [3.05, 3.63) is 23.8 Å². The van der Waals surface area contributed by atoms with Gasteiger partial charge in [-0.15, -0.1) is 0 Å². The maximum Gasteiger partial charge on any atom is 0.248 e. The van der Waals surface area contributed by atoms with E-state index in [0.29, 0.717) is 11.3 Å². The smallest absolute Gasteiger partial charge is 0.248 e. The molecule has 1 unspecified atom stereocenters. The van der Waals surface area contributed by atoms with Gasteiger partial charge in [0.05, 0.1) is 17.5 Å². The Balaban J connectivity index is 2.20. The summed E-state index contributed by atoms with van der Waals surface area (Å²) in [5, 5.41) is 0. The van der Waals surface area contributed by atoms with Crippen molar-refractivity contribution in [2.45, 2.75) is 12.5 Å². The molecule has 1 amide bonds.